The average Bonchev–Trinajstić information content (AvgIpc) is 2.98. The van der Waals surface area contributed by atoms with Crippen molar-refractivity contribution in [1.29, 1.82) is 5.41 Å². The van der Waals surface area contributed by atoms with Crippen LogP contribution in [0.2, 0.25) is 0 Å². The number of carbonyl (C=O) groups excluding carboxylic acids is 2. The number of nitrogens with zero attached hydrogens (tertiary/aromatic N) is 2. The second kappa shape index (κ2) is 12.4. The van der Waals surface area contributed by atoms with Gasteiger partial charge in [0.15, 0.2) is 5.96 Å². The quantitative estimate of drug-likeness (QED) is 0.397. The number of rotatable bonds is 9. The first-order chi connectivity index (χ1) is 20.1. The Labute approximate surface area is 249 Å². The second-order valence-corrected chi connectivity index (χ2v) is 12.4. The normalized spacial score (nSPS) is 22.5. The van der Waals surface area contributed by atoms with Crippen LogP contribution in [0.25, 0.3) is 0 Å². The van der Waals surface area contributed by atoms with Gasteiger partial charge in [-0.15, -0.1) is 0 Å². The van der Waals surface area contributed by atoms with E-state index in [0.29, 0.717) is 38.0 Å². The number of para-hydroxylation sites is 1. The lowest BCUT2D eigenvalue weighted by Crippen LogP contribution is -2.62. The highest BCUT2D eigenvalue weighted by atomic mass is 16.5. The van der Waals surface area contributed by atoms with Gasteiger partial charge in [0.1, 0.15) is 11.4 Å². The van der Waals surface area contributed by atoms with Crippen LogP contribution in [0.4, 0.5) is 0 Å². The molecule has 2 saturated heterocycles. The van der Waals surface area contributed by atoms with Gasteiger partial charge in [0.05, 0.1) is 31.7 Å². The smallest absolute Gasteiger partial charge is 0.251 e. The molecule has 0 aliphatic carbocycles. The molecule has 0 spiro atoms. The first kappa shape index (κ1) is 30.0. The Bertz CT molecular complexity index is 1280. The van der Waals surface area contributed by atoms with Crippen molar-refractivity contribution in [2.45, 2.75) is 83.0 Å². The largest absolute Gasteiger partial charge is 0.487 e. The molecule has 0 saturated carbocycles. The van der Waals surface area contributed by atoms with E-state index in [1.54, 1.807) is 4.90 Å². The third-order valence-corrected chi connectivity index (χ3v) is 9.09. The Balaban J connectivity index is 1.40. The first-order valence-corrected chi connectivity index (χ1v) is 15.3. The van der Waals surface area contributed by atoms with Crippen LogP contribution in [0.1, 0.15) is 93.4 Å². The van der Waals surface area contributed by atoms with Crippen LogP contribution in [-0.4, -0.2) is 71.6 Å². The minimum Gasteiger partial charge on any atom is -0.487 e. The maximum atomic E-state index is 13.7. The number of ether oxygens (including phenoxy) is 2. The van der Waals surface area contributed by atoms with Gasteiger partial charge >= 0.3 is 0 Å². The summed E-state index contributed by atoms with van der Waals surface area (Å²) in [5, 5.41) is 15.5. The van der Waals surface area contributed by atoms with Crippen molar-refractivity contribution in [2.75, 3.05) is 32.8 Å². The highest BCUT2D eigenvalue weighted by Crippen LogP contribution is 2.39. The van der Waals surface area contributed by atoms with E-state index < -0.39 is 11.1 Å². The molecule has 0 bridgehead atoms. The fraction of sp³-hybridized carbons (Fsp3) is 0.545. The summed E-state index contributed by atoms with van der Waals surface area (Å²) in [5.74, 6) is 0.708. The molecular weight excluding hydrogens is 530 g/mol. The molecule has 2 aromatic carbocycles. The zero-order valence-corrected chi connectivity index (χ0v) is 25.4. The molecule has 9 nitrogen and oxygen atoms in total. The average molecular weight is 576 g/mol. The predicted molar refractivity (Wildman–Crippen MR) is 163 cm³/mol. The maximum absolute atomic E-state index is 13.7. The number of nitrogens with one attached hydrogen (secondary N) is 3. The van der Waals surface area contributed by atoms with E-state index in [2.05, 4.69) is 29.4 Å². The molecule has 5 rings (SSSR count). The molecule has 42 heavy (non-hydrogen) atoms. The number of benzene rings is 2. The summed E-state index contributed by atoms with van der Waals surface area (Å²) in [6, 6.07) is 14.8. The van der Waals surface area contributed by atoms with Crippen molar-refractivity contribution >= 4 is 17.8 Å². The summed E-state index contributed by atoms with van der Waals surface area (Å²) < 4.78 is 11.7. The van der Waals surface area contributed by atoms with E-state index in [4.69, 9.17) is 14.9 Å². The number of carbonyl (C=O) groups is 2. The number of hydrogen-bond acceptors (Lipinski definition) is 6. The van der Waals surface area contributed by atoms with Crippen LogP contribution in [0, 0.1) is 5.41 Å². The molecule has 9 heteroatoms. The van der Waals surface area contributed by atoms with Gasteiger partial charge in [-0.25, -0.2) is 0 Å². The lowest BCUT2D eigenvalue weighted by atomic mass is 9.86. The lowest BCUT2D eigenvalue weighted by molar-refractivity contribution is -0.133. The van der Waals surface area contributed by atoms with E-state index in [0.717, 1.165) is 49.4 Å². The molecule has 3 aliphatic heterocycles. The van der Waals surface area contributed by atoms with Gasteiger partial charge in [0.2, 0.25) is 5.91 Å². The molecule has 2 atom stereocenters. The molecular formula is C33H45N5O4. The Morgan fingerprint density at radius 3 is 2.57 bits per heavy atom. The van der Waals surface area contributed by atoms with Crippen molar-refractivity contribution in [2.24, 2.45) is 0 Å². The second-order valence-electron chi connectivity index (χ2n) is 12.4. The predicted octanol–water partition coefficient (Wildman–Crippen LogP) is 4.80. The number of guanidine groups is 1. The summed E-state index contributed by atoms with van der Waals surface area (Å²) in [7, 11) is 0. The Morgan fingerprint density at radius 1 is 1.12 bits per heavy atom. The molecule has 2 fully saturated rings. The molecule has 226 valence electrons. The van der Waals surface area contributed by atoms with Crippen LogP contribution in [0.3, 0.4) is 0 Å². The number of fused-ring (bicyclic) bond motifs is 1. The summed E-state index contributed by atoms with van der Waals surface area (Å²) in [6.07, 6.45) is 3.18. The van der Waals surface area contributed by atoms with Gasteiger partial charge in [0.25, 0.3) is 5.91 Å². The minimum atomic E-state index is -0.410. The summed E-state index contributed by atoms with van der Waals surface area (Å²) >= 11 is 0. The molecule has 3 N–H and O–H groups in total. The van der Waals surface area contributed by atoms with Crippen LogP contribution in [0.5, 0.6) is 5.75 Å². The van der Waals surface area contributed by atoms with Gasteiger partial charge in [-0.1, -0.05) is 44.2 Å². The molecule has 2 amide bonds. The molecule has 0 aromatic heterocycles. The first-order valence-electron chi connectivity index (χ1n) is 15.3. The zero-order chi connectivity index (χ0) is 29.9. The van der Waals surface area contributed by atoms with Crippen LogP contribution < -0.4 is 15.4 Å². The van der Waals surface area contributed by atoms with E-state index in [1.165, 1.54) is 0 Å². The summed E-state index contributed by atoms with van der Waals surface area (Å²) in [6.45, 7) is 12.0. The van der Waals surface area contributed by atoms with Crippen molar-refractivity contribution in [3.63, 3.8) is 0 Å². The van der Waals surface area contributed by atoms with Gasteiger partial charge in [0, 0.05) is 42.7 Å². The Kier molecular flexibility index (Phi) is 8.89. The Hall–Kier alpha value is -3.43. The van der Waals surface area contributed by atoms with Crippen molar-refractivity contribution < 1.29 is 19.1 Å². The van der Waals surface area contributed by atoms with Crippen LogP contribution in [-0.2, 0) is 9.53 Å². The topological polar surface area (TPSA) is 107 Å². The minimum absolute atomic E-state index is 0.0506. The number of hydrogen-bond donors (Lipinski definition) is 3. The number of morpholine rings is 1. The van der Waals surface area contributed by atoms with E-state index >= 15 is 0 Å². The molecule has 3 aliphatic rings. The molecule has 0 radical (unpaired) electrons. The van der Waals surface area contributed by atoms with Gasteiger partial charge in [-0.3, -0.25) is 24.8 Å². The third-order valence-electron chi connectivity index (χ3n) is 9.09. The highest BCUT2D eigenvalue weighted by Gasteiger charge is 2.42. The standard InChI is InChI=1S/C33H45N5O4/c1-5-33(6-2)22-29(39)38(31(34)36-33)27(14-15-37-16-18-41-19-17-37)23-10-9-11-24(20-23)30(40)35-26-21-32(3,4)42-28-13-8-7-12-25(26)28/h7-13,20,26-27H,5-6,14-19,21-22H2,1-4H3,(H2,34,36)(H,35,40)/t26-,27?/m0/s1. The monoisotopic (exact) mass is 575 g/mol. The summed E-state index contributed by atoms with van der Waals surface area (Å²) in [5.41, 5.74) is 1.55. The Morgan fingerprint density at radius 2 is 1.86 bits per heavy atom. The lowest BCUT2D eigenvalue weighted by Gasteiger charge is -2.45. The van der Waals surface area contributed by atoms with E-state index in [1.807, 2.05) is 62.4 Å². The fourth-order valence-electron chi connectivity index (χ4n) is 6.50. The molecule has 3 heterocycles. The van der Waals surface area contributed by atoms with Gasteiger partial charge in [-0.2, -0.15) is 0 Å². The van der Waals surface area contributed by atoms with Crippen LogP contribution in [0.15, 0.2) is 48.5 Å². The third kappa shape index (κ3) is 6.47. The van der Waals surface area contributed by atoms with Crippen LogP contribution >= 0.6 is 0 Å². The fourth-order valence-corrected chi connectivity index (χ4v) is 6.50. The molecule has 2 aromatic rings. The summed E-state index contributed by atoms with van der Waals surface area (Å²) in [4.78, 5) is 31.3. The molecule has 1 unspecified atom stereocenters. The number of amides is 2. The maximum Gasteiger partial charge on any atom is 0.251 e. The SMILES string of the molecule is CCC1(CC)CC(=O)N(C(CCN2CCOCC2)c2cccc(C(=O)N[C@H]3CC(C)(C)Oc4ccccc43)c2)C(=N)N1. The van der Waals surface area contributed by atoms with Crippen molar-refractivity contribution in [1.82, 2.24) is 20.4 Å². The van der Waals surface area contributed by atoms with Gasteiger partial charge < -0.3 is 20.1 Å². The van der Waals surface area contributed by atoms with Gasteiger partial charge in [-0.05, 0) is 56.9 Å². The van der Waals surface area contributed by atoms with Crippen molar-refractivity contribution in [3.8, 4) is 5.75 Å². The van der Waals surface area contributed by atoms with E-state index in [9.17, 15) is 9.59 Å². The zero-order valence-electron chi connectivity index (χ0n) is 25.4. The van der Waals surface area contributed by atoms with Crippen molar-refractivity contribution in [3.05, 3.63) is 65.2 Å². The van der Waals surface area contributed by atoms with E-state index in [-0.39, 0.29) is 29.9 Å². The highest BCUT2D eigenvalue weighted by molar-refractivity contribution is 6.00.